The number of piperidine rings is 1. The molecular formula is C26H33N9O. The molecule has 3 aromatic rings. The molecule has 10 nitrogen and oxygen atoms in total. The second-order valence-corrected chi connectivity index (χ2v) is 9.02. The first-order valence-electron chi connectivity index (χ1n) is 12.5. The van der Waals surface area contributed by atoms with Crippen LogP contribution in [0.2, 0.25) is 0 Å². The molecule has 188 valence electrons. The predicted molar refractivity (Wildman–Crippen MR) is 140 cm³/mol. The molecular weight excluding hydrogens is 454 g/mol. The number of carbonyl (C=O) groups excluding carboxylic acids is 1. The van der Waals surface area contributed by atoms with Crippen molar-refractivity contribution in [1.29, 1.82) is 5.26 Å². The molecule has 1 fully saturated rings. The van der Waals surface area contributed by atoms with Crippen molar-refractivity contribution >= 4 is 34.3 Å². The Balaban J connectivity index is 1.57. The van der Waals surface area contributed by atoms with Crippen molar-refractivity contribution in [1.82, 2.24) is 30.4 Å². The number of amides is 1. The number of carbonyl (C=O) groups is 1. The Morgan fingerprint density at radius 3 is 2.56 bits per heavy atom. The van der Waals surface area contributed by atoms with Crippen molar-refractivity contribution in [3.8, 4) is 6.07 Å². The molecule has 2 atom stereocenters. The molecule has 36 heavy (non-hydrogen) atoms. The molecule has 0 spiro atoms. The van der Waals surface area contributed by atoms with Crippen molar-refractivity contribution in [2.75, 3.05) is 24.2 Å². The lowest BCUT2D eigenvalue weighted by Gasteiger charge is -2.45. The fourth-order valence-corrected chi connectivity index (χ4v) is 5.01. The molecule has 3 aromatic heterocycles. The van der Waals surface area contributed by atoms with Crippen molar-refractivity contribution < 1.29 is 4.79 Å². The van der Waals surface area contributed by atoms with E-state index in [0.29, 0.717) is 30.1 Å². The molecule has 4 heterocycles. The molecule has 1 saturated heterocycles. The molecule has 0 bridgehead atoms. The maximum Gasteiger partial charge on any atom is 0.271 e. The first-order valence-corrected chi connectivity index (χ1v) is 12.5. The van der Waals surface area contributed by atoms with Gasteiger partial charge in [-0.05, 0) is 49.9 Å². The molecule has 10 heteroatoms. The van der Waals surface area contributed by atoms with Crippen LogP contribution in [0.15, 0.2) is 36.5 Å². The van der Waals surface area contributed by atoms with Gasteiger partial charge in [-0.2, -0.15) is 5.26 Å². The van der Waals surface area contributed by atoms with Gasteiger partial charge in [0.2, 0.25) is 0 Å². The Hall–Kier alpha value is -3.84. The van der Waals surface area contributed by atoms with Gasteiger partial charge in [0.1, 0.15) is 11.6 Å². The smallest absolute Gasteiger partial charge is 0.271 e. The summed E-state index contributed by atoms with van der Waals surface area (Å²) >= 11 is 0. The molecule has 0 radical (unpaired) electrons. The van der Waals surface area contributed by atoms with E-state index < -0.39 is 0 Å². The highest BCUT2D eigenvalue weighted by atomic mass is 16.1. The largest absolute Gasteiger partial charge is 0.367 e. The number of hydrogen-bond acceptors (Lipinski definition) is 9. The summed E-state index contributed by atoms with van der Waals surface area (Å²) in [5.41, 5.74) is 1.06. The third-order valence-electron chi connectivity index (χ3n) is 6.80. The number of anilines is 3. The number of nitriles is 1. The molecule has 1 amide bonds. The van der Waals surface area contributed by atoms with E-state index in [1.165, 1.54) is 0 Å². The fraction of sp³-hybridized carbons (Fsp3) is 0.462. The number of likely N-dealkylation sites (tertiary alicyclic amines) is 1. The number of aromatic nitrogens is 4. The summed E-state index contributed by atoms with van der Waals surface area (Å²) in [7, 11) is 1.55. The Labute approximate surface area is 211 Å². The van der Waals surface area contributed by atoms with Gasteiger partial charge in [0, 0.05) is 55.8 Å². The zero-order valence-electron chi connectivity index (χ0n) is 21.0. The third kappa shape index (κ3) is 5.69. The van der Waals surface area contributed by atoms with Gasteiger partial charge in [-0.1, -0.05) is 13.8 Å². The van der Waals surface area contributed by atoms with Crippen molar-refractivity contribution in [3.63, 3.8) is 0 Å². The summed E-state index contributed by atoms with van der Waals surface area (Å²) < 4.78 is 0. The Kier molecular flexibility index (Phi) is 8.23. The summed E-state index contributed by atoms with van der Waals surface area (Å²) in [6.07, 6.45) is 6.40. The topological polar surface area (TPSA) is 132 Å². The van der Waals surface area contributed by atoms with Crippen LogP contribution in [-0.4, -0.2) is 62.7 Å². The van der Waals surface area contributed by atoms with Gasteiger partial charge in [-0.25, -0.2) is 4.98 Å². The highest BCUT2D eigenvalue weighted by Gasteiger charge is 2.33. The minimum atomic E-state index is -0.289. The summed E-state index contributed by atoms with van der Waals surface area (Å²) in [4.78, 5) is 23.7. The van der Waals surface area contributed by atoms with Crippen LogP contribution in [0.1, 0.15) is 56.4 Å². The number of nitrogens with one attached hydrogen (secondary N) is 3. The highest BCUT2D eigenvalue weighted by molar-refractivity contribution is 5.92. The molecule has 3 N–H and O–H groups in total. The van der Waals surface area contributed by atoms with Crippen LogP contribution >= 0.6 is 0 Å². The number of pyridine rings is 2. The lowest BCUT2D eigenvalue weighted by molar-refractivity contribution is 0.0735. The monoisotopic (exact) mass is 487 g/mol. The molecule has 0 aliphatic carbocycles. The Morgan fingerprint density at radius 1 is 1.14 bits per heavy atom. The molecule has 4 rings (SSSR count). The van der Waals surface area contributed by atoms with Crippen LogP contribution in [0.3, 0.4) is 0 Å². The van der Waals surface area contributed by atoms with E-state index >= 15 is 0 Å². The van der Waals surface area contributed by atoms with Crippen LogP contribution in [0, 0.1) is 11.3 Å². The van der Waals surface area contributed by atoms with Gasteiger partial charge in [-0.15, -0.1) is 10.2 Å². The number of rotatable bonds is 9. The summed E-state index contributed by atoms with van der Waals surface area (Å²) in [5, 5.41) is 27.6. The summed E-state index contributed by atoms with van der Waals surface area (Å²) in [6.45, 7) is 5.26. The molecule has 1 aliphatic rings. The first kappa shape index (κ1) is 25.3. The number of hydrogen-bond donors (Lipinski definition) is 3. The third-order valence-corrected chi connectivity index (χ3v) is 6.80. The summed E-state index contributed by atoms with van der Waals surface area (Å²) in [5.74, 6) is 1.57. The summed E-state index contributed by atoms with van der Waals surface area (Å²) in [6, 6.07) is 12.5. The normalized spacial score (nSPS) is 20.0. The molecule has 0 aromatic carbocycles. The average molecular weight is 488 g/mol. The highest BCUT2D eigenvalue weighted by Crippen LogP contribution is 2.31. The van der Waals surface area contributed by atoms with Crippen molar-refractivity contribution in [2.24, 2.45) is 0 Å². The minimum absolute atomic E-state index is 0.246. The maximum absolute atomic E-state index is 11.7. The van der Waals surface area contributed by atoms with Crippen molar-refractivity contribution in [3.05, 3.63) is 42.2 Å². The van der Waals surface area contributed by atoms with E-state index in [1.54, 1.807) is 25.4 Å². The van der Waals surface area contributed by atoms with Crippen LogP contribution in [-0.2, 0) is 0 Å². The number of fused-ring (bicyclic) bond motifs is 1. The SMILES string of the molecule is CCC1CC(Nc2nc(Nc3ccc(C(=O)NC)nn3)cc3ncccc23)CC(CC)N1CCC#N. The molecule has 2 unspecified atom stereocenters. The second-order valence-electron chi connectivity index (χ2n) is 9.02. The zero-order chi connectivity index (χ0) is 25.5. The minimum Gasteiger partial charge on any atom is -0.367 e. The van der Waals surface area contributed by atoms with Gasteiger partial charge in [0.05, 0.1) is 11.6 Å². The standard InChI is InChI=1S/C26H33N9O/c1-4-18-14-17(15-19(5-2)35(18)13-7-11-27)30-25-20-8-6-12-29-22(20)16-24(32-25)31-23-10-9-21(33-34-23)26(36)28-3/h6,8-10,12,16-19H,4-5,7,13-15H2,1-3H3,(H,28,36)(H2,30,31,32,34). The fourth-order valence-electron chi connectivity index (χ4n) is 5.01. The predicted octanol–water partition coefficient (Wildman–Crippen LogP) is 3.87. The van der Waals surface area contributed by atoms with Crippen molar-refractivity contribution in [2.45, 2.75) is 64.1 Å². The Morgan fingerprint density at radius 2 is 1.92 bits per heavy atom. The van der Waals surface area contributed by atoms with Crippen LogP contribution < -0.4 is 16.0 Å². The van der Waals surface area contributed by atoms with Gasteiger partial charge >= 0.3 is 0 Å². The van der Waals surface area contributed by atoms with Gasteiger partial charge in [-0.3, -0.25) is 14.7 Å². The van der Waals surface area contributed by atoms with Gasteiger partial charge in [0.25, 0.3) is 5.91 Å². The van der Waals surface area contributed by atoms with E-state index in [0.717, 1.165) is 48.9 Å². The average Bonchev–Trinajstić information content (AvgIpc) is 2.91. The van der Waals surface area contributed by atoms with E-state index in [1.807, 2.05) is 18.2 Å². The first-order chi connectivity index (χ1) is 17.6. The molecule has 1 aliphatic heterocycles. The lowest BCUT2D eigenvalue weighted by Crippen LogP contribution is -2.52. The van der Waals surface area contributed by atoms with E-state index in [2.05, 4.69) is 55.9 Å². The zero-order valence-corrected chi connectivity index (χ0v) is 21.0. The van der Waals surface area contributed by atoms with Crippen LogP contribution in [0.25, 0.3) is 10.9 Å². The van der Waals surface area contributed by atoms with Gasteiger partial charge in [0.15, 0.2) is 11.5 Å². The Bertz CT molecular complexity index is 1210. The quantitative estimate of drug-likeness (QED) is 0.411. The number of nitrogens with zero attached hydrogens (tertiary/aromatic N) is 6. The van der Waals surface area contributed by atoms with E-state index in [-0.39, 0.29) is 17.6 Å². The second kappa shape index (κ2) is 11.7. The van der Waals surface area contributed by atoms with Crippen LogP contribution in [0.4, 0.5) is 17.5 Å². The lowest BCUT2D eigenvalue weighted by atomic mass is 9.88. The van der Waals surface area contributed by atoms with Gasteiger partial charge < -0.3 is 16.0 Å². The van der Waals surface area contributed by atoms with E-state index in [4.69, 9.17) is 10.2 Å². The van der Waals surface area contributed by atoms with Crippen LogP contribution in [0.5, 0.6) is 0 Å². The molecule has 0 saturated carbocycles. The maximum atomic E-state index is 11.7. The van der Waals surface area contributed by atoms with E-state index in [9.17, 15) is 4.79 Å².